The molecule has 1 aliphatic carbocycles. The van der Waals surface area contributed by atoms with Crippen molar-refractivity contribution in [3.63, 3.8) is 0 Å². The van der Waals surface area contributed by atoms with Crippen molar-refractivity contribution in [1.82, 2.24) is 0 Å². The van der Waals surface area contributed by atoms with Gasteiger partial charge in [-0.05, 0) is 17.5 Å². The molecule has 0 heterocycles. The summed E-state index contributed by atoms with van der Waals surface area (Å²) in [5, 5.41) is 8.55. The highest BCUT2D eigenvalue weighted by atomic mass is 32.2. The minimum absolute atomic E-state index is 0.111. The van der Waals surface area contributed by atoms with Gasteiger partial charge in [0.2, 0.25) is 0 Å². The van der Waals surface area contributed by atoms with E-state index in [4.69, 9.17) is 5.26 Å². The maximum atomic E-state index is 11.9. The zero-order valence-electron chi connectivity index (χ0n) is 10.6. The fourth-order valence-electron chi connectivity index (χ4n) is 2.45. The van der Waals surface area contributed by atoms with E-state index in [-0.39, 0.29) is 17.6 Å². The first-order valence-electron chi connectivity index (χ1n) is 6.25. The molecule has 0 aliphatic heterocycles. The molecule has 3 unspecified atom stereocenters. The van der Waals surface area contributed by atoms with Crippen LogP contribution >= 0.6 is 0 Å². The molecule has 1 fully saturated rings. The van der Waals surface area contributed by atoms with Gasteiger partial charge in [0, 0.05) is 11.7 Å². The molecule has 3 nitrogen and oxygen atoms in total. The lowest BCUT2D eigenvalue weighted by Crippen LogP contribution is -2.12. The zero-order valence-corrected chi connectivity index (χ0v) is 11.4. The SMILES string of the molecule is CCc1ccc(C2C(C#N)C2S(=O)(=O)CC)cc1. The van der Waals surface area contributed by atoms with Gasteiger partial charge in [-0.25, -0.2) is 8.42 Å². The van der Waals surface area contributed by atoms with Crippen molar-refractivity contribution in [3.05, 3.63) is 35.4 Å². The Bertz CT molecular complexity index is 569. The first-order valence-corrected chi connectivity index (χ1v) is 7.96. The third-order valence-electron chi connectivity index (χ3n) is 3.69. The van der Waals surface area contributed by atoms with E-state index < -0.39 is 15.1 Å². The van der Waals surface area contributed by atoms with Crippen LogP contribution in [0.3, 0.4) is 0 Å². The van der Waals surface area contributed by atoms with E-state index in [2.05, 4.69) is 13.0 Å². The molecule has 3 atom stereocenters. The Morgan fingerprint density at radius 1 is 1.22 bits per heavy atom. The Kier molecular flexibility index (Phi) is 3.45. The van der Waals surface area contributed by atoms with Crippen LogP contribution in [0.5, 0.6) is 0 Å². The summed E-state index contributed by atoms with van der Waals surface area (Å²) in [5.41, 5.74) is 2.20. The molecule has 1 aliphatic rings. The van der Waals surface area contributed by atoms with E-state index in [1.165, 1.54) is 5.56 Å². The molecule has 0 N–H and O–H groups in total. The van der Waals surface area contributed by atoms with E-state index in [9.17, 15) is 8.42 Å². The third kappa shape index (κ3) is 2.15. The van der Waals surface area contributed by atoms with Crippen molar-refractivity contribution in [2.45, 2.75) is 31.4 Å². The molecule has 18 heavy (non-hydrogen) atoms. The molecule has 0 spiro atoms. The normalized spacial score (nSPS) is 26.6. The molecule has 2 rings (SSSR count). The number of hydrogen-bond donors (Lipinski definition) is 0. The molecule has 96 valence electrons. The van der Waals surface area contributed by atoms with Crippen LogP contribution in [0.4, 0.5) is 0 Å². The van der Waals surface area contributed by atoms with Gasteiger partial charge in [-0.1, -0.05) is 38.1 Å². The van der Waals surface area contributed by atoms with Crippen LogP contribution in [0, 0.1) is 17.2 Å². The first-order chi connectivity index (χ1) is 8.55. The lowest BCUT2D eigenvalue weighted by Gasteiger charge is -2.02. The number of benzene rings is 1. The van der Waals surface area contributed by atoms with Crippen molar-refractivity contribution in [1.29, 1.82) is 5.26 Å². The first kappa shape index (κ1) is 13.1. The molecular formula is C14H17NO2S. The molecule has 0 aromatic heterocycles. The minimum Gasteiger partial charge on any atom is -0.228 e. The molecule has 4 heteroatoms. The van der Waals surface area contributed by atoms with Gasteiger partial charge in [0.25, 0.3) is 0 Å². The van der Waals surface area contributed by atoms with Crippen LogP contribution in [0.2, 0.25) is 0 Å². The molecule has 0 saturated heterocycles. The molecule has 0 radical (unpaired) electrons. The van der Waals surface area contributed by atoms with Crippen LogP contribution < -0.4 is 0 Å². The lowest BCUT2D eigenvalue weighted by atomic mass is 10.1. The molecule has 1 aromatic carbocycles. The Labute approximate surface area is 108 Å². The smallest absolute Gasteiger partial charge is 0.154 e. The topological polar surface area (TPSA) is 57.9 Å². The Balaban J connectivity index is 2.27. The van der Waals surface area contributed by atoms with Gasteiger partial charge >= 0.3 is 0 Å². The number of hydrogen-bond acceptors (Lipinski definition) is 3. The van der Waals surface area contributed by atoms with Crippen molar-refractivity contribution < 1.29 is 8.42 Å². The third-order valence-corrected chi connectivity index (χ3v) is 5.91. The van der Waals surface area contributed by atoms with Gasteiger partial charge in [-0.2, -0.15) is 5.26 Å². The van der Waals surface area contributed by atoms with Gasteiger partial charge in [0.05, 0.1) is 17.2 Å². The summed E-state index contributed by atoms with van der Waals surface area (Å²) in [7, 11) is -3.12. The van der Waals surface area contributed by atoms with Crippen LogP contribution in [0.25, 0.3) is 0 Å². The van der Waals surface area contributed by atoms with E-state index in [0.29, 0.717) is 0 Å². The second kappa shape index (κ2) is 4.74. The summed E-state index contributed by atoms with van der Waals surface area (Å²) in [6, 6.07) is 10.1. The second-order valence-electron chi connectivity index (χ2n) is 4.69. The fraction of sp³-hybridized carbons (Fsp3) is 0.500. The molecular weight excluding hydrogens is 246 g/mol. The van der Waals surface area contributed by atoms with Gasteiger partial charge in [-0.3, -0.25) is 0 Å². The van der Waals surface area contributed by atoms with Gasteiger partial charge in [0.15, 0.2) is 9.84 Å². The van der Waals surface area contributed by atoms with Crippen LogP contribution in [-0.2, 0) is 16.3 Å². The Morgan fingerprint density at radius 3 is 2.28 bits per heavy atom. The van der Waals surface area contributed by atoms with Gasteiger partial charge < -0.3 is 0 Å². The highest BCUT2D eigenvalue weighted by Crippen LogP contribution is 2.52. The predicted octanol–water partition coefficient (Wildman–Crippen LogP) is 2.29. The summed E-state index contributed by atoms with van der Waals surface area (Å²) in [6.07, 6.45) is 0.962. The summed E-state index contributed by atoms with van der Waals surface area (Å²) >= 11 is 0. The van der Waals surface area contributed by atoms with E-state index in [1.807, 2.05) is 24.3 Å². The quantitative estimate of drug-likeness (QED) is 0.837. The maximum Gasteiger partial charge on any atom is 0.154 e. The Hall–Kier alpha value is -1.34. The predicted molar refractivity (Wildman–Crippen MR) is 70.9 cm³/mol. The van der Waals surface area contributed by atoms with Crippen molar-refractivity contribution in [3.8, 4) is 6.07 Å². The number of nitriles is 1. The minimum atomic E-state index is -3.12. The standard InChI is InChI=1S/C14H17NO2S/c1-3-10-5-7-11(8-6-10)13-12(9-15)14(13)18(16,17)4-2/h5-8,12-14H,3-4H2,1-2H3. The second-order valence-corrected chi connectivity index (χ2v) is 7.14. The van der Waals surface area contributed by atoms with E-state index in [1.54, 1.807) is 6.92 Å². The van der Waals surface area contributed by atoms with Crippen molar-refractivity contribution in [2.75, 3.05) is 5.75 Å². The largest absolute Gasteiger partial charge is 0.228 e. The van der Waals surface area contributed by atoms with Gasteiger partial charge in [0.1, 0.15) is 0 Å². The average Bonchev–Trinajstić information content (AvgIpc) is 3.14. The fourth-order valence-corrected chi connectivity index (χ4v) is 4.19. The number of aryl methyl sites for hydroxylation is 1. The number of nitrogens with zero attached hydrogens (tertiary/aromatic N) is 1. The summed E-state index contributed by atoms with van der Waals surface area (Å²) in [6.45, 7) is 3.72. The van der Waals surface area contributed by atoms with Crippen LogP contribution in [0.1, 0.15) is 30.9 Å². The van der Waals surface area contributed by atoms with Crippen LogP contribution in [-0.4, -0.2) is 19.4 Å². The molecule has 1 saturated carbocycles. The number of sulfone groups is 1. The lowest BCUT2D eigenvalue weighted by molar-refractivity contribution is 0.594. The monoisotopic (exact) mass is 263 g/mol. The molecule has 0 amide bonds. The van der Waals surface area contributed by atoms with Crippen molar-refractivity contribution >= 4 is 9.84 Å². The number of rotatable bonds is 4. The molecule has 0 bridgehead atoms. The summed E-state index contributed by atoms with van der Waals surface area (Å²) < 4.78 is 23.8. The highest BCUT2D eigenvalue weighted by molar-refractivity contribution is 7.92. The molecule has 1 aromatic rings. The maximum absolute atomic E-state index is 11.9. The van der Waals surface area contributed by atoms with Crippen LogP contribution in [0.15, 0.2) is 24.3 Å². The Morgan fingerprint density at radius 2 is 1.83 bits per heavy atom. The van der Waals surface area contributed by atoms with Gasteiger partial charge in [-0.15, -0.1) is 0 Å². The summed E-state index contributed by atoms with van der Waals surface area (Å²) in [5.74, 6) is -0.396. The summed E-state index contributed by atoms with van der Waals surface area (Å²) in [4.78, 5) is 0. The van der Waals surface area contributed by atoms with E-state index >= 15 is 0 Å². The van der Waals surface area contributed by atoms with Crippen molar-refractivity contribution in [2.24, 2.45) is 5.92 Å². The average molecular weight is 263 g/mol. The highest BCUT2D eigenvalue weighted by Gasteiger charge is 2.58. The van der Waals surface area contributed by atoms with E-state index in [0.717, 1.165) is 12.0 Å². The zero-order chi connectivity index (χ0) is 13.3.